The fraction of sp³-hybridized carbons (Fsp3) is 0.533. The summed E-state index contributed by atoms with van der Waals surface area (Å²) in [6.45, 7) is 5.64. The average molecular weight is 316 g/mol. The van der Waals surface area contributed by atoms with Gasteiger partial charge in [0.25, 0.3) is 5.91 Å². The average Bonchev–Trinajstić information content (AvgIpc) is 2.52. The van der Waals surface area contributed by atoms with E-state index in [2.05, 4.69) is 11.8 Å². The zero-order chi connectivity index (χ0) is 16.2. The van der Waals surface area contributed by atoms with Crippen molar-refractivity contribution in [1.29, 1.82) is 0 Å². The quantitative estimate of drug-likeness (QED) is 0.854. The summed E-state index contributed by atoms with van der Waals surface area (Å²) in [6, 6.07) is 4.56. The van der Waals surface area contributed by atoms with Gasteiger partial charge < -0.3 is 14.5 Å². The molecule has 0 N–H and O–H groups in total. The van der Waals surface area contributed by atoms with Crippen LogP contribution in [0, 0.1) is 0 Å². The Balaban J connectivity index is 1.86. The molecule has 0 aliphatic carbocycles. The highest BCUT2D eigenvalue weighted by molar-refractivity contribution is 5.77. The topological polar surface area (TPSA) is 32.8 Å². The van der Waals surface area contributed by atoms with Crippen molar-refractivity contribution in [2.75, 3.05) is 39.3 Å². The first-order valence-corrected chi connectivity index (χ1v) is 7.20. The lowest BCUT2D eigenvalue weighted by Crippen LogP contribution is -2.49. The molecule has 7 heteroatoms. The van der Waals surface area contributed by atoms with E-state index in [0.717, 1.165) is 31.8 Å². The molecule has 1 saturated heterocycles. The molecule has 0 radical (unpaired) electrons. The second-order valence-corrected chi connectivity index (χ2v) is 5.13. The Morgan fingerprint density at radius 3 is 2.50 bits per heavy atom. The van der Waals surface area contributed by atoms with Crippen molar-refractivity contribution in [2.45, 2.75) is 13.1 Å². The summed E-state index contributed by atoms with van der Waals surface area (Å²) in [4.78, 5) is 15.9. The van der Waals surface area contributed by atoms with Crippen LogP contribution < -0.4 is 4.74 Å². The van der Waals surface area contributed by atoms with Gasteiger partial charge in [-0.2, -0.15) is 13.2 Å². The summed E-state index contributed by atoms with van der Waals surface area (Å²) in [5, 5.41) is 0. The Kier molecular flexibility index (Phi) is 5.28. The maximum Gasteiger partial charge on any atom is 0.416 e. The van der Waals surface area contributed by atoms with Crippen LogP contribution in [-0.2, 0) is 11.0 Å². The number of halogens is 3. The van der Waals surface area contributed by atoms with Crippen LogP contribution in [0.15, 0.2) is 24.3 Å². The molecule has 4 nitrogen and oxygen atoms in total. The van der Waals surface area contributed by atoms with Gasteiger partial charge in [-0.1, -0.05) is 13.0 Å². The van der Waals surface area contributed by atoms with E-state index in [0.29, 0.717) is 13.1 Å². The van der Waals surface area contributed by atoms with Gasteiger partial charge in [-0.3, -0.25) is 4.79 Å². The summed E-state index contributed by atoms with van der Waals surface area (Å²) < 4.78 is 43.0. The van der Waals surface area contributed by atoms with Gasteiger partial charge in [0.05, 0.1) is 5.56 Å². The van der Waals surface area contributed by atoms with Crippen LogP contribution in [0.2, 0.25) is 0 Å². The minimum atomic E-state index is -4.42. The van der Waals surface area contributed by atoms with Crippen molar-refractivity contribution in [3.63, 3.8) is 0 Å². The van der Waals surface area contributed by atoms with Crippen LogP contribution in [0.5, 0.6) is 5.75 Å². The van der Waals surface area contributed by atoms with Gasteiger partial charge in [0.1, 0.15) is 5.75 Å². The smallest absolute Gasteiger partial charge is 0.416 e. The SMILES string of the molecule is CCN1CCN(C(=O)COc2cccc(C(F)(F)F)c2)CC1. The number of carbonyl (C=O) groups is 1. The molecule has 0 spiro atoms. The minimum absolute atomic E-state index is 0.0513. The van der Waals surface area contributed by atoms with Crippen LogP contribution in [0.4, 0.5) is 13.2 Å². The third-order valence-electron chi connectivity index (χ3n) is 3.70. The lowest BCUT2D eigenvalue weighted by atomic mass is 10.2. The molecule has 2 rings (SSSR count). The third-order valence-corrected chi connectivity index (χ3v) is 3.70. The molecule has 0 bridgehead atoms. The number of alkyl halides is 3. The molecule has 22 heavy (non-hydrogen) atoms. The molecule has 1 aromatic carbocycles. The van der Waals surface area contributed by atoms with Gasteiger partial charge in [0.15, 0.2) is 6.61 Å². The van der Waals surface area contributed by atoms with E-state index in [9.17, 15) is 18.0 Å². The molecular weight excluding hydrogens is 297 g/mol. The summed E-state index contributed by atoms with van der Waals surface area (Å²) in [7, 11) is 0. The summed E-state index contributed by atoms with van der Waals surface area (Å²) >= 11 is 0. The molecule has 122 valence electrons. The van der Waals surface area contributed by atoms with Gasteiger partial charge in [-0.25, -0.2) is 0 Å². The number of rotatable bonds is 4. The second-order valence-electron chi connectivity index (χ2n) is 5.13. The molecular formula is C15H19F3N2O2. The van der Waals surface area contributed by atoms with Gasteiger partial charge in [0.2, 0.25) is 0 Å². The van der Waals surface area contributed by atoms with Crippen molar-refractivity contribution < 1.29 is 22.7 Å². The lowest BCUT2D eigenvalue weighted by Gasteiger charge is -2.33. The highest BCUT2D eigenvalue weighted by Crippen LogP contribution is 2.31. The van der Waals surface area contributed by atoms with E-state index in [1.165, 1.54) is 12.1 Å². The molecule has 1 aromatic rings. The maximum absolute atomic E-state index is 12.6. The maximum atomic E-state index is 12.6. The van der Waals surface area contributed by atoms with Gasteiger partial charge in [0, 0.05) is 26.2 Å². The predicted molar refractivity (Wildman–Crippen MR) is 75.6 cm³/mol. The van der Waals surface area contributed by atoms with Crippen molar-refractivity contribution in [3.05, 3.63) is 29.8 Å². The van der Waals surface area contributed by atoms with Gasteiger partial charge >= 0.3 is 6.18 Å². The van der Waals surface area contributed by atoms with Crippen LogP contribution in [0.1, 0.15) is 12.5 Å². The van der Waals surface area contributed by atoms with E-state index >= 15 is 0 Å². The number of piperazine rings is 1. The number of hydrogen-bond donors (Lipinski definition) is 0. The highest BCUT2D eigenvalue weighted by atomic mass is 19.4. The zero-order valence-corrected chi connectivity index (χ0v) is 12.4. The van der Waals surface area contributed by atoms with E-state index in [-0.39, 0.29) is 18.3 Å². The Labute approximate surface area is 127 Å². The summed E-state index contributed by atoms with van der Waals surface area (Å²) in [5.74, 6) is -0.150. The standard InChI is InChI=1S/C15H19F3N2O2/c1-2-19-6-8-20(9-7-19)14(21)11-22-13-5-3-4-12(10-13)15(16,17)18/h3-5,10H,2,6-9,11H2,1H3. The van der Waals surface area contributed by atoms with Gasteiger partial charge in [-0.15, -0.1) is 0 Å². The molecule has 0 saturated carbocycles. The van der Waals surface area contributed by atoms with Crippen molar-refractivity contribution in [1.82, 2.24) is 9.80 Å². The number of benzene rings is 1. The third kappa shape index (κ3) is 4.37. The van der Waals surface area contributed by atoms with Crippen LogP contribution in [0.25, 0.3) is 0 Å². The van der Waals surface area contributed by atoms with Crippen LogP contribution >= 0.6 is 0 Å². The zero-order valence-electron chi connectivity index (χ0n) is 12.4. The van der Waals surface area contributed by atoms with Crippen LogP contribution in [0.3, 0.4) is 0 Å². The Bertz CT molecular complexity index is 512. The molecule has 1 aliphatic heterocycles. The number of carbonyl (C=O) groups excluding carboxylic acids is 1. The molecule has 1 heterocycles. The fourth-order valence-corrected chi connectivity index (χ4v) is 2.31. The van der Waals surface area contributed by atoms with Gasteiger partial charge in [-0.05, 0) is 24.7 Å². The molecule has 1 aliphatic rings. The molecule has 1 fully saturated rings. The number of likely N-dealkylation sites (N-methyl/N-ethyl adjacent to an activating group) is 1. The summed E-state index contributed by atoms with van der Waals surface area (Å²) in [6.07, 6.45) is -4.42. The second kappa shape index (κ2) is 7.00. The van der Waals surface area contributed by atoms with Crippen molar-refractivity contribution >= 4 is 5.91 Å². The predicted octanol–water partition coefficient (Wildman–Crippen LogP) is 2.25. The highest BCUT2D eigenvalue weighted by Gasteiger charge is 2.30. The van der Waals surface area contributed by atoms with Crippen molar-refractivity contribution in [3.8, 4) is 5.75 Å². The first kappa shape index (κ1) is 16.6. The van der Waals surface area contributed by atoms with Crippen molar-refractivity contribution in [2.24, 2.45) is 0 Å². The monoisotopic (exact) mass is 316 g/mol. The van der Waals surface area contributed by atoms with E-state index < -0.39 is 11.7 Å². The Hall–Kier alpha value is -1.76. The molecule has 1 amide bonds. The number of nitrogens with zero attached hydrogens (tertiary/aromatic N) is 2. The molecule has 0 aromatic heterocycles. The number of amides is 1. The van der Waals surface area contributed by atoms with E-state index in [1.54, 1.807) is 4.90 Å². The Morgan fingerprint density at radius 1 is 1.23 bits per heavy atom. The Morgan fingerprint density at radius 2 is 1.91 bits per heavy atom. The number of ether oxygens (including phenoxy) is 1. The first-order valence-electron chi connectivity index (χ1n) is 7.20. The summed E-state index contributed by atoms with van der Waals surface area (Å²) in [5.41, 5.74) is -0.783. The first-order chi connectivity index (χ1) is 10.4. The fourth-order valence-electron chi connectivity index (χ4n) is 2.31. The molecule has 0 atom stereocenters. The minimum Gasteiger partial charge on any atom is -0.484 e. The van der Waals surface area contributed by atoms with E-state index in [4.69, 9.17) is 4.74 Å². The van der Waals surface area contributed by atoms with Crippen LogP contribution in [-0.4, -0.2) is 55.0 Å². The number of hydrogen-bond acceptors (Lipinski definition) is 3. The largest absolute Gasteiger partial charge is 0.484 e. The van der Waals surface area contributed by atoms with E-state index in [1.807, 2.05) is 0 Å². The molecule has 0 unspecified atom stereocenters. The lowest BCUT2D eigenvalue weighted by molar-refractivity contribution is -0.137. The normalized spacial score (nSPS) is 16.6.